The van der Waals surface area contributed by atoms with Gasteiger partial charge in [-0.25, -0.2) is 0 Å². The number of carbonyl (C=O) groups is 1. The molecule has 1 aromatic carbocycles. The van der Waals surface area contributed by atoms with E-state index in [1.54, 1.807) is 0 Å². The highest BCUT2D eigenvalue weighted by Crippen LogP contribution is 2.24. The van der Waals surface area contributed by atoms with E-state index in [0.717, 1.165) is 54.5 Å². The van der Waals surface area contributed by atoms with Crippen LogP contribution in [0.5, 0.6) is 0 Å². The van der Waals surface area contributed by atoms with E-state index in [0.29, 0.717) is 6.04 Å². The molecule has 2 rings (SSSR count). The molecule has 0 unspecified atom stereocenters. The fraction of sp³-hybridized carbons (Fsp3) is 0.562. The summed E-state index contributed by atoms with van der Waals surface area (Å²) in [6.45, 7) is 7.01. The summed E-state index contributed by atoms with van der Waals surface area (Å²) in [4.78, 5) is 15.0. The Kier molecular flexibility index (Phi) is 5.61. The Balaban J connectivity index is 2.23. The molecule has 1 aromatic rings. The molecule has 0 aliphatic carbocycles. The Labute approximate surface area is 129 Å². The van der Waals surface area contributed by atoms with Gasteiger partial charge in [0.25, 0.3) is 5.91 Å². The molecule has 0 spiro atoms. The number of halogens is 1. The summed E-state index contributed by atoms with van der Waals surface area (Å²) in [6.07, 6.45) is 3.10. The first kappa shape index (κ1) is 15.5. The Hall–Kier alpha value is -0.870. The van der Waals surface area contributed by atoms with Crippen LogP contribution in [0.1, 0.15) is 42.1 Å². The smallest absolute Gasteiger partial charge is 0.255 e. The molecule has 0 bridgehead atoms. The lowest BCUT2D eigenvalue weighted by atomic mass is 10.0. The van der Waals surface area contributed by atoms with Crippen molar-refractivity contribution in [3.63, 3.8) is 0 Å². The molecule has 1 amide bonds. The summed E-state index contributed by atoms with van der Waals surface area (Å²) in [7, 11) is 0. The first-order chi connectivity index (χ1) is 9.65. The zero-order valence-electron chi connectivity index (χ0n) is 12.3. The van der Waals surface area contributed by atoms with Crippen LogP contribution in [-0.2, 0) is 0 Å². The highest BCUT2D eigenvalue weighted by Gasteiger charge is 2.26. The second-order valence-electron chi connectivity index (χ2n) is 5.42. The van der Waals surface area contributed by atoms with Gasteiger partial charge in [-0.2, -0.15) is 0 Å². The van der Waals surface area contributed by atoms with Crippen molar-refractivity contribution < 1.29 is 4.79 Å². The number of amides is 1. The fourth-order valence-corrected chi connectivity index (χ4v) is 3.21. The van der Waals surface area contributed by atoms with Gasteiger partial charge in [0.15, 0.2) is 0 Å². The fourth-order valence-electron chi connectivity index (χ4n) is 2.78. The molecule has 1 saturated heterocycles. The number of hydrogen-bond donors (Lipinski definition) is 1. The number of hydrogen-bond acceptors (Lipinski definition) is 2. The van der Waals surface area contributed by atoms with Crippen LogP contribution in [0.25, 0.3) is 0 Å². The Morgan fingerprint density at radius 2 is 2.10 bits per heavy atom. The first-order valence-corrected chi connectivity index (χ1v) is 8.21. The number of rotatable bonds is 4. The third kappa shape index (κ3) is 3.41. The molecule has 4 heteroatoms. The molecule has 20 heavy (non-hydrogen) atoms. The largest absolute Gasteiger partial charge is 0.336 e. The predicted molar refractivity (Wildman–Crippen MR) is 86.1 cm³/mol. The molecule has 1 heterocycles. The molecular formula is C16H23BrN2O. The van der Waals surface area contributed by atoms with Crippen molar-refractivity contribution in [3.8, 4) is 0 Å². The molecule has 1 N–H and O–H groups in total. The summed E-state index contributed by atoms with van der Waals surface area (Å²) in [6, 6.07) is 6.27. The van der Waals surface area contributed by atoms with E-state index in [-0.39, 0.29) is 5.91 Å². The van der Waals surface area contributed by atoms with Crippen LogP contribution in [0.4, 0.5) is 0 Å². The minimum atomic E-state index is 0.161. The van der Waals surface area contributed by atoms with E-state index in [4.69, 9.17) is 0 Å². The number of aryl methyl sites for hydroxylation is 1. The van der Waals surface area contributed by atoms with Gasteiger partial charge >= 0.3 is 0 Å². The second kappa shape index (κ2) is 7.23. The summed E-state index contributed by atoms with van der Waals surface area (Å²) < 4.78 is 0.931. The van der Waals surface area contributed by atoms with Gasteiger partial charge in [0.05, 0.1) is 5.56 Å². The van der Waals surface area contributed by atoms with Crippen LogP contribution in [0.3, 0.4) is 0 Å². The van der Waals surface area contributed by atoms with Crippen molar-refractivity contribution >= 4 is 21.8 Å². The molecule has 0 atom stereocenters. The molecule has 0 saturated carbocycles. The quantitative estimate of drug-likeness (QED) is 0.912. The molecular weight excluding hydrogens is 316 g/mol. The van der Waals surface area contributed by atoms with Gasteiger partial charge in [-0.3, -0.25) is 4.79 Å². The SMILES string of the molecule is CCCN(C(=O)c1cccc(C)c1Br)C1CCNCC1. The molecule has 1 aliphatic heterocycles. The maximum absolute atomic E-state index is 12.9. The van der Waals surface area contributed by atoms with Crippen molar-refractivity contribution in [2.75, 3.05) is 19.6 Å². The molecule has 1 aliphatic rings. The van der Waals surface area contributed by atoms with E-state index in [1.165, 1.54) is 0 Å². The summed E-state index contributed by atoms with van der Waals surface area (Å²) in [5.41, 5.74) is 1.90. The predicted octanol–water partition coefficient (Wildman–Crippen LogP) is 3.36. The zero-order valence-corrected chi connectivity index (χ0v) is 13.9. The van der Waals surface area contributed by atoms with Crippen molar-refractivity contribution in [1.82, 2.24) is 10.2 Å². The molecule has 3 nitrogen and oxygen atoms in total. The Morgan fingerprint density at radius 1 is 1.40 bits per heavy atom. The molecule has 1 fully saturated rings. The second-order valence-corrected chi connectivity index (χ2v) is 6.21. The third-order valence-corrected chi connectivity index (χ3v) is 4.95. The number of benzene rings is 1. The molecule has 0 aromatic heterocycles. The lowest BCUT2D eigenvalue weighted by molar-refractivity contribution is 0.0641. The average molecular weight is 339 g/mol. The van der Waals surface area contributed by atoms with Gasteiger partial charge in [-0.1, -0.05) is 19.1 Å². The molecule has 0 radical (unpaired) electrons. The Bertz CT molecular complexity index is 470. The van der Waals surface area contributed by atoms with Gasteiger partial charge in [0.1, 0.15) is 0 Å². The van der Waals surface area contributed by atoms with Crippen molar-refractivity contribution in [1.29, 1.82) is 0 Å². The van der Waals surface area contributed by atoms with Crippen LogP contribution < -0.4 is 5.32 Å². The van der Waals surface area contributed by atoms with Crippen molar-refractivity contribution in [2.45, 2.75) is 39.2 Å². The van der Waals surface area contributed by atoms with E-state index >= 15 is 0 Å². The highest BCUT2D eigenvalue weighted by atomic mass is 79.9. The topological polar surface area (TPSA) is 32.3 Å². The van der Waals surface area contributed by atoms with Gasteiger partial charge in [-0.05, 0) is 66.8 Å². The number of carbonyl (C=O) groups excluding carboxylic acids is 1. The van der Waals surface area contributed by atoms with Crippen molar-refractivity contribution in [2.24, 2.45) is 0 Å². The van der Waals surface area contributed by atoms with Gasteiger partial charge < -0.3 is 10.2 Å². The lowest BCUT2D eigenvalue weighted by Gasteiger charge is -2.35. The van der Waals surface area contributed by atoms with Crippen LogP contribution in [-0.4, -0.2) is 36.5 Å². The number of nitrogens with one attached hydrogen (secondary N) is 1. The average Bonchev–Trinajstić information content (AvgIpc) is 2.48. The van der Waals surface area contributed by atoms with Crippen molar-refractivity contribution in [3.05, 3.63) is 33.8 Å². The summed E-state index contributed by atoms with van der Waals surface area (Å²) in [5, 5.41) is 3.36. The molecule has 110 valence electrons. The lowest BCUT2D eigenvalue weighted by Crippen LogP contribution is -2.46. The van der Waals surface area contributed by atoms with E-state index in [9.17, 15) is 4.79 Å². The van der Waals surface area contributed by atoms with Crippen LogP contribution >= 0.6 is 15.9 Å². The number of piperidine rings is 1. The van der Waals surface area contributed by atoms with Gasteiger partial charge in [0, 0.05) is 17.1 Å². The zero-order chi connectivity index (χ0) is 14.5. The van der Waals surface area contributed by atoms with Crippen LogP contribution in [0, 0.1) is 6.92 Å². The summed E-state index contributed by atoms with van der Waals surface area (Å²) in [5.74, 6) is 0.161. The van der Waals surface area contributed by atoms with E-state index in [2.05, 4.69) is 33.1 Å². The van der Waals surface area contributed by atoms with Crippen LogP contribution in [0.2, 0.25) is 0 Å². The highest BCUT2D eigenvalue weighted by molar-refractivity contribution is 9.10. The third-order valence-electron chi connectivity index (χ3n) is 3.90. The van der Waals surface area contributed by atoms with Gasteiger partial charge in [-0.15, -0.1) is 0 Å². The maximum atomic E-state index is 12.9. The maximum Gasteiger partial charge on any atom is 0.255 e. The Morgan fingerprint density at radius 3 is 2.75 bits per heavy atom. The van der Waals surface area contributed by atoms with E-state index in [1.807, 2.05) is 25.1 Å². The summed E-state index contributed by atoms with van der Waals surface area (Å²) >= 11 is 3.56. The van der Waals surface area contributed by atoms with Crippen LogP contribution in [0.15, 0.2) is 22.7 Å². The minimum absolute atomic E-state index is 0.161. The van der Waals surface area contributed by atoms with E-state index < -0.39 is 0 Å². The van der Waals surface area contributed by atoms with Gasteiger partial charge in [0.2, 0.25) is 0 Å². The normalized spacial score (nSPS) is 16.1. The monoisotopic (exact) mass is 338 g/mol. The standard InChI is InChI=1S/C16H23BrN2O/c1-3-11-19(13-7-9-18-10-8-13)16(20)14-6-4-5-12(2)15(14)17/h4-6,13,18H,3,7-11H2,1-2H3. The minimum Gasteiger partial charge on any atom is -0.336 e. The number of nitrogens with zero attached hydrogens (tertiary/aromatic N) is 1. The first-order valence-electron chi connectivity index (χ1n) is 7.42.